The van der Waals surface area contributed by atoms with E-state index in [1.807, 2.05) is 14.2 Å². The van der Waals surface area contributed by atoms with Crippen molar-refractivity contribution >= 4 is 29.1 Å². The number of methoxy groups -OCH3 is 2. The van der Waals surface area contributed by atoms with Crippen LogP contribution in [-0.4, -0.2) is 180 Å². The van der Waals surface area contributed by atoms with E-state index < -0.39 is 17.1 Å². The molecule has 8 fully saturated rings. The van der Waals surface area contributed by atoms with Crippen molar-refractivity contribution in [1.82, 2.24) is 9.80 Å². The summed E-state index contributed by atoms with van der Waals surface area (Å²) in [5.74, 6) is 9.63. The molecule has 8 aliphatic rings. The van der Waals surface area contributed by atoms with Crippen LogP contribution in [0.2, 0.25) is 26.2 Å². The molecule has 0 radical (unpaired) electrons. The molecule has 12 unspecified atom stereocenters. The SMILES string of the molecule is CCCCCCCCOC(CCCCCCC)O[Si](C)(C)OCCCCCCN(CCCCO)CCCCOC(=O)CC[C@@H](C)C1CCC2C3CCC4C[C@H](OC)CC[C@]4(C)C3CC[C@@]21C.CCCCCCCCOC(CCCCCCC)O[Si](C)(C)OCCCCCCN(CCCCO)CCCCOC(=O)CC[C@@H](C)C1CCC2C3CCC4C[C@H](OC)CC[C@]4(C)C3CC[C@@]21C. The van der Waals surface area contributed by atoms with Crippen molar-refractivity contribution < 1.29 is 65.9 Å². The Labute approximate surface area is 817 Å². The van der Waals surface area contributed by atoms with Crippen LogP contribution in [-0.2, 0) is 55.7 Å². The molecule has 8 aliphatic carbocycles. The summed E-state index contributed by atoms with van der Waals surface area (Å²) in [5.41, 5.74) is 1.89. The average molecular weight is 1900 g/mol. The molecular weight excluding hydrogens is 1680 g/mol. The van der Waals surface area contributed by atoms with Crippen LogP contribution in [0.1, 0.15) is 467 Å². The van der Waals surface area contributed by atoms with E-state index in [0.29, 0.717) is 71.8 Å². The highest BCUT2D eigenvalue weighted by Gasteiger charge is 2.63. The van der Waals surface area contributed by atoms with E-state index in [0.717, 1.165) is 253 Å². The summed E-state index contributed by atoms with van der Waals surface area (Å²) in [6.07, 6.45) is 74.9. The van der Waals surface area contributed by atoms with Crippen LogP contribution in [0.5, 0.6) is 0 Å². The zero-order valence-corrected chi connectivity index (χ0v) is 91.7. The van der Waals surface area contributed by atoms with E-state index in [-0.39, 0.29) is 37.7 Å². The normalized spacial score (nSPS) is 28.5. The Morgan fingerprint density at radius 2 is 0.644 bits per heavy atom. The number of fused-ring (bicyclic) bond motifs is 10. The lowest BCUT2D eigenvalue weighted by molar-refractivity contribution is -0.145. The Kier molecular flexibility index (Phi) is 58.9. The van der Waals surface area contributed by atoms with Gasteiger partial charge in [0.15, 0.2) is 0 Å². The Balaban J connectivity index is 0.000000361. The predicted octanol–water partition coefficient (Wildman–Crippen LogP) is 29.7. The van der Waals surface area contributed by atoms with Crippen molar-refractivity contribution in [1.29, 1.82) is 0 Å². The summed E-state index contributed by atoms with van der Waals surface area (Å²) in [4.78, 5) is 31.2. The van der Waals surface area contributed by atoms with Crippen LogP contribution < -0.4 is 0 Å². The van der Waals surface area contributed by atoms with Gasteiger partial charge in [0.2, 0.25) is 0 Å². The third kappa shape index (κ3) is 41.0. The van der Waals surface area contributed by atoms with Gasteiger partial charge in [0.05, 0.1) is 25.4 Å². The number of hydrogen-bond donors (Lipinski definition) is 2. The fourth-order valence-electron chi connectivity index (χ4n) is 28.2. The Hall–Kier alpha value is -1.11. The van der Waals surface area contributed by atoms with E-state index in [1.54, 1.807) is 0 Å². The van der Waals surface area contributed by atoms with Gasteiger partial charge in [-0.1, -0.05) is 210 Å². The van der Waals surface area contributed by atoms with Gasteiger partial charge in [-0.25, -0.2) is 0 Å². The molecule has 8 saturated carbocycles. The maximum absolute atomic E-state index is 13.0. The highest BCUT2D eigenvalue weighted by Crippen LogP contribution is 2.71. The number of hydrogen-bond acceptors (Lipinski definition) is 16. The first-order chi connectivity index (χ1) is 63.8. The summed E-state index contributed by atoms with van der Waals surface area (Å²) in [6, 6.07) is 0. The predicted molar refractivity (Wildman–Crippen MR) is 554 cm³/mol. The van der Waals surface area contributed by atoms with Crippen LogP contribution in [0, 0.1) is 92.7 Å². The van der Waals surface area contributed by atoms with Gasteiger partial charge in [0.1, 0.15) is 12.6 Å². The van der Waals surface area contributed by atoms with E-state index in [2.05, 4.69) is 105 Å². The molecule has 0 spiro atoms. The number of carbonyl (C=O) groups excluding carboxylic acids is 2. The van der Waals surface area contributed by atoms with Crippen LogP contribution in [0.4, 0.5) is 0 Å². The van der Waals surface area contributed by atoms with Gasteiger partial charge in [-0.3, -0.25) is 9.59 Å². The van der Waals surface area contributed by atoms with E-state index >= 15 is 0 Å². The van der Waals surface area contributed by atoms with Gasteiger partial charge in [-0.05, 0) is 402 Å². The van der Waals surface area contributed by atoms with Gasteiger partial charge in [0.25, 0.3) is 0 Å². The summed E-state index contributed by atoms with van der Waals surface area (Å²) in [6.45, 7) is 44.3. The molecule has 0 aromatic carbocycles. The summed E-state index contributed by atoms with van der Waals surface area (Å²) < 4.78 is 62.1. The Morgan fingerprint density at radius 1 is 0.341 bits per heavy atom. The number of ether oxygens (including phenoxy) is 6. The van der Waals surface area contributed by atoms with Gasteiger partial charge >= 0.3 is 29.1 Å². The van der Waals surface area contributed by atoms with E-state index in [1.165, 1.54) is 257 Å². The van der Waals surface area contributed by atoms with Crippen LogP contribution in [0.25, 0.3) is 0 Å². The zero-order chi connectivity index (χ0) is 95.4. The number of nitrogens with zero attached hydrogens (tertiary/aromatic N) is 2. The molecule has 0 amide bonds. The standard InChI is InChI=1S/2C57H109NO7Si/c2*1-9-11-13-15-18-25-44-63-55(28-20-16-14-12-10-2)65-66(7,8)64-45-26-19-17-21-39-58(40-22-24-42-59)41-23-27-43-62-54(60)34-29-47(3)51-32-33-52-50-31-30-48-46-49(61-6)35-37-56(48,4)53(50)36-38-57(51,52)5/h2*47-53,55,59H,9-46H2,1-8H3/t2*47-,48?,49-,50?,51?,52?,53?,55?,56+,57-/m11/s1. The second kappa shape index (κ2) is 65.9. The highest BCUT2D eigenvalue weighted by molar-refractivity contribution is 6.64. The molecule has 2 N–H and O–H groups in total. The molecule has 0 bridgehead atoms. The fraction of sp³-hybridized carbons (Fsp3) is 0.982. The number of carbonyl (C=O) groups is 2. The molecular formula is C114H218N2O14Si2. The number of aliphatic hydroxyl groups excluding tert-OH is 2. The highest BCUT2D eigenvalue weighted by atomic mass is 28.4. The smallest absolute Gasteiger partial charge is 0.333 e. The Bertz CT molecular complexity index is 2730. The minimum absolute atomic E-state index is 0.000909. The van der Waals surface area contributed by atoms with Crippen molar-refractivity contribution in [3.63, 3.8) is 0 Å². The minimum Gasteiger partial charge on any atom is -0.466 e. The Morgan fingerprint density at radius 3 is 1.00 bits per heavy atom. The van der Waals surface area contributed by atoms with Crippen molar-refractivity contribution in [3.05, 3.63) is 0 Å². The maximum Gasteiger partial charge on any atom is 0.333 e. The molecule has 0 aromatic heterocycles. The summed E-state index contributed by atoms with van der Waals surface area (Å²) in [5, 5.41) is 18.9. The van der Waals surface area contributed by atoms with Crippen molar-refractivity contribution in [3.8, 4) is 0 Å². The first kappa shape index (κ1) is 118. The van der Waals surface area contributed by atoms with Crippen molar-refractivity contribution in [2.75, 3.05) is 106 Å². The molecule has 18 heteroatoms. The first-order valence-electron chi connectivity index (χ1n) is 57.7. The minimum atomic E-state index is -2.29. The van der Waals surface area contributed by atoms with Crippen LogP contribution in [0.15, 0.2) is 0 Å². The second-order valence-corrected chi connectivity index (χ2v) is 53.2. The van der Waals surface area contributed by atoms with Gasteiger partial charge < -0.3 is 66.1 Å². The lowest BCUT2D eigenvalue weighted by Crippen LogP contribution is -2.54. The number of unbranched alkanes of at least 4 members (excludes halogenated alkanes) is 28. The molecule has 8 rings (SSSR count). The van der Waals surface area contributed by atoms with Crippen LogP contribution in [0.3, 0.4) is 0 Å². The van der Waals surface area contributed by atoms with Gasteiger partial charge in [-0.15, -0.1) is 0 Å². The third-order valence-electron chi connectivity index (χ3n) is 36.2. The molecule has 0 heterocycles. The van der Waals surface area contributed by atoms with Gasteiger partial charge in [-0.2, -0.15) is 0 Å². The molecule has 16 nitrogen and oxygen atoms in total. The van der Waals surface area contributed by atoms with Crippen molar-refractivity contribution in [2.24, 2.45) is 92.7 Å². The summed E-state index contributed by atoms with van der Waals surface area (Å²) in [7, 11) is -0.737. The molecule has 776 valence electrons. The third-order valence-corrected chi connectivity index (χ3v) is 39.7. The first-order valence-corrected chi connectivity index (χ1v) is 63.3. The molecule has 20 atom stereocenters. The molecule has 0 aliphatic heterocycles. The molecule has 0 saturated heterocycles. The average Bonchev–Trinajstić information content (AvgIpc) is 1.38. The number of rotatable bonds is 76. The monoisotopic (exact) mass is 1900 g/mol. The van der Waals surface area contributed by atoms with Crippen LogP contribution >= 0.6 is 0 Å². The topological polar surface area (TPSA) is 173 Å². The van der Waals surface area contributed by atoms with Gasteiger partial charge in [0, 0.05) is 66.7 Å². The lowest BCUT2D eigenvalue weighted by atomic mass is 9.44. The fourth-order valence-corrected chi connectivity index (χ4v) is 31.2. The van der Waals surface area contributed by atoms with E-state index in [4.69, 9.17) is 46.1 Å². The maximum atomic E-state index is 13.0. The quantitative estimate of drug-likeness (QED) is 0.0255. The van der Waals surface area contributed by atoms with Crippen molar-refractivity contribution in [2.45, 2.75) is 518 Å². The number of aliphatic hydroxyl groups is 2. The number of esters is 2. The molecule has 132 heavy (non-hydrogen) atoms. The zero-order valence-electron chi connectivity index (χ0n) is 89.7. The largest absolute Gasteiger partial charge is 0.466 e. The lowest BCUT2D eigenvalue weighted by Gasteiger charge is -2.61. The second-order valence-electron chi connectivity index (χ2n) is 46.6. The molecule has 0 aromatic rings. The van der Waals surface area contributed by atoms with E-state index in [9.17, 15) is 19.8 Å². The summed E-state index contributed by atoms with van der Waals surface area (Å²) >= 11 is 0.